The van der Waals surface area contributed by atoms with Crippen LogP contribution in [0.1, 0.15) is 36.5 Å². The number of nitrogens with zero attached hydrogens (tertiary/aromatic N) is 2. The van der Waals surface area contributed by atoms with E-state index in [-0.39, 0.29) is 28.8 Å². The van der Waals surface area contributed by atoms with Crippen molar-refractivity contribution in [3.63, 3.8) is 0 Å². The first-order valence-corrected chi connectivity index (χ1v) is 9.42. The quantitative estimate of drug-likeness (QED) is 0.420. The summed E-state index contributed by atoms with van der Waals surface area (Å²) >= 11 is 0. The molecule has 3 rings (SSSR count). The van der Waals surface area contributed by atoms with Crippen molar-refractivity contribution in [2.45, 2.75) is 38.3 Å². The molecule has 1 aliphatic carbocycles. The number of amides is 2. The van der Waals surface area contributed by atoms with E-state index in [2.05, 4.69) is 25.9 Å². The Labute approximate surface area is 171 Å². The van der Waals surface area contributed by atoms with Crippen molar-refractivity contribution in [3.05, 3.63) is 41.7 Å². The van der Waals surface area contributed by atoms with Crippen molar-refractivity contribution in [3.8, 4) is 0 Å². The van der Waals surface area contributed by atoms with Gasteiger partial charge < -0.3 is 26.8 Å². The molecule has 0 aliphatic heterocycles. The number of carbonyl (C=O) groups excluding carboxylic acids is 1. The lowest BCUT2D eigenvalue weighted by Gasteiger charge is -2.28. The highest BCUT2D eigenvalue weighted by molar-refractivity contribution is 5.98. The summed E-state index contributed by atoms with van der Waals surface area (Å²) in [5.74, 6) is -2.44. The number of aromatic nitrogens is 2. The Balaban J connectivity index is 1.93. The van der Waals surface area contributed by atoms with Gasteiger partial charge in [0, 0.05) is 6.07 Å². The third-order valence-corrected chi connectivity index (χ3v) is 4.82. The Bertz CT molecular complexity index is 954. The van der Waals surface area contributed by atoms with Gasteiger partial charge in [-0.1, -0.05) is 6.92 Å². The molecule has 1 fully saturated rings. The van der Waals surface area contributed by atoms with E-state index in [4.69, 9.17) is 10.8 Å². The van der Waals surface area contributed by atoms with E-state index in [0.29, 0.717) is 6.42 Å². The van der Waals surface area contributed by atoms with Crippen LogP contribution < -0.4 is 21.7 Å². The lowest BCUT2D eigenvalue weighted by atomic mass is 10.0. The first-order chi connectivity index (χ1) is 14.3. The average Bonchev–Trinajstić information content (AvgIpc) is 3.51. The van der Waals surface area contributed by atoms with Crippen LogP contribution in [0.4, 0.5) is 30.9 Å². The zero-order valence-corrected chi connectivity index (χ0v) is 16.2. The van der Waals surface area contributed by atoms with E-state index in [9.17, 15) is 18.4 Å². The molecule has 0 unspecified atom stereocenters. The minimum atomic E-state index is -1.17. The fraction of sp³-hybridized carbons (Fsp3) is 0.368. The molecule has 1 aliphatic rings. The number of primary amides is 1. The Morgan fingerprint density at radius 1 is 1.27 bits per heavy atom. The summed E-state index contributed by atoms with van der Waals surface area (Å²) in [4.78, 5) is 30.7. The molecule has 0 spiro atoms. The molecule has 1 saturated carbocycles. The molecular formula is C19H22F2N6O3. The number of hydrogen-bond donors (Lipinski definition) is 5. The molecule has 2 aromatic heterocycles. The highest BCUT2D eigenvalue weighted by Crippen LogP contribution is 2.37. The molecule has 0 saturated heterocycles. The average molecular weight is 420 g/mol. The Morgan fingerprint density at radius 2 is 2.00 bits per heavy atom. The van der Waals surface area contributed by atoms with Crippen LogP contribution in [0, 0.1) is 17.6 Å². The van der Waals surface area contributed by atoms with Gasteiger partial charge in [-0.25, -0.2) is 18.6 Å². The van der Waals surface area contributed by atoms with Gasteiger partial charge in [-0.3, -0.25) is 9.78 Å². The number of anilines is 3. The number of hydrogen-bond acceptors (Lipinski definition) is 6. The molecule has 2 atom stereocenters. The van der Waals surface area contributed by atoms with Gasteiger partial charge in [0.15, 0.2) is 11.6 Å². The summed E-state index contributed by atoms with van der Waals surface area (Å²) in [6, 6.07) is 1.21. The summed E-state index contributed by atoms with van der Waals surface area (Å²) in [5.41, 5.74) is 5.30. The number of carboxylic acid groups (broad SMARTS) is 1. The highest BCUT2D eigenvalue weighted by atomic mass is 19.1. The van der Waals surface area contributed by atoms with Gasteiger partial charge in [0.25, 0.3) is 5.91 Å². The van der Waals surface area contributed by atoms with Crippen molar-refractivity contribution in [2.75, 3.05) is 10.6 Å². The maximum absolute atomic E-state index is 14.7. The number of nitrogens with one attached hydrogen (secondary N) is 3. The molecule has 6 N–H and O–H groups in total. The van der Waals surface area contributed by atoms with Gasteiger partial charge in [-0.15, -0.1) is 0 Å². The predicted molar refractivity (Wildman–Crippen MR) is 106 cm³/mol. The van der Waals surface area contributed by atoms with Crippen molar-refractivity contribution in [1.29, 1.82) is 0 Å². The molecule has 0 radical (unpaired) electrons. The molecular weight excluding hydrogens is 398 g/mol. The molecule has 11 heteroatoms. The van der Waals surface area contributed by atoms with Crippen LogP contribution >= 0.6 is 0 Å². The van der Waals surface area contributed by atoms with E-state index in [1.807, 2.05) is 6.92 Å². The van der Waals surface area contributed by atoms with Crippen molar-refractivity contribution < 1.29 is 23.5 Å². The first kappa shape index (κ1) is 21.2. The molecule has 0 aromatic carbocycles. The van der Waals surface area contributed by atoms with Crippen LogP contribution in [0.15, 0.2) is 24.5 Å². The Hall–Kier alpha value is -3.50. The molecule has 2 aromatic rings. The normalized spacial score (nSPS) is 15.2. The second-order valence-corrected chi connectivity index (χ2v) is 7.07. The first-order valence-electron chi connectivity index (χ1n) is 9.42. The van der Waals surface area contributed by atoms with E-state index >= 15 is 0 Å². The topological polar surface area (TPSA) is 142 Å². The number of halogens is 2. The summed E-state index contributed by atoms with van der Waals surface area (Å²) in [6.07, 6.45) is 3.37. The standard InChI is InChI=1S/C19H22F2N6O3/c1-2-14(25-19(29)30)15(9-3-4-9)26-18-13(21)6-12(16(22)28)17(27-18)24-11-5-10(20)7-23-8-11/h5-9,14-15,25H,2-4H2,1H3,(H2,22,28)(H,29,30)(H2,24,26,27)/t14-,15-/m0/s1. The molecule has 2 heterocycles. The van der Waals surface area contributed by atoms with Crippen LogP contribution in [-0.4, -0.2) is 39.2 Å². The number of carbonyl (C=O) groups is 2. The maximum atomic E-state index is 14.7. The fourth-order valence-corrected chi connectivity index (χ4v) is 3.25. The third kappa shape index (κ3) is 5.10. The van der Waals surface area contributed by atoms with Crippen LogP contribution in [0.25, 0.3) is 0 Å². The van der Waals surface area contributed by atoms with Gasteiger partial charge >= 0.3 is 6.09 Å². The number of rotatable bonds is 9. The van der Waals surface area contributed by atoms with E-state index in [1.165, 1.54) is 6.20 Å². The zero-order chi connectivity index (χ0) is 21.8. The maximum Gasteiger partial charge on any atom is 0.404 e. The minimum Gasteiger partial charge on any atom is -0.465 e. The molecule has 160 valence electrons. The summed E-state index contributed by atoms with van der Waals surface area (Å²) in [7, 11) is 0. The van der Waals surface area contributed by atoms with E-state index in [1.54, 1.807) is 0 Å². The van der Waals surface area contributed by atoms with E-state index in [0.717, 1.165) is 31.2 Å². The van der Waals surface area contributed by atoms with Crippen LogP contribution in [-0.2, 0) is 0 Å². The lowest BCUT2D eigenvalue weighted by molar-refractivity contribution is 0.100. The van der Waals surface area contributed by atoms with Crippen LogP contribution in [0.5, 0.6) is 0 Å². The smallest absolute Gasteiger partial charge is 0.404 e. The van der Waals surface area contributed by atoms with Crippen LogP contribution in [0.3, 0.4) is 0 Å². The molecule has 9 nitrogen and oxygen atoms in total. The monoisotopic (exact) mass is 420 g/mol. The highest BCUT2D eigenvalue weighted by Gasteiger charge is 2.37. The number of pyridine rings is 2. The summed E-state index contributed by atoms with van der Waals surface area (Å²) in [5, 5.41) is 17.2. The van der Waals surface area contributed by atoms with Crippen LogP contribution in [0.2, 0.25) is 0 Å². The van der Waals surface area contributed by atoms with Gasteiger partial charge in [0.1, 0.15) is 11.6 Å². The molecule has 2 amide bonds. The summed E-state index contributed by atoms with van der Waals surface area (Å²) < 4.78 is 28.1. The van der Waals surface area contributed by atoms with Crippen molar-refractivity contribution in [1.82, 2.24) is 15.3 Å². The third-order valence-electron chi connectivity index (χ3n) is 4.82. The number of nitrogens with two attached hydrogens (primary N) is 1. The Morgan fingerprint density at radius 3 is 2.57 bits per heavy atom. The van der Waals surface area contributed by atoms with Gasteiger partial charge in [0.2, 0.25) is 0 Å². The second-order valence-electron chi connectivity index (χ2n) is 7.07. The fourth-order valence-electron chi connectivity index (χ4n) is 3.25. The van der Waals surface area contributed by atoms with Gasteiger partial charge in [-0.2, -0.15) is 0 Å². The van der Waals surface area contributed by atoms with E-state index < -0.39 is 35.7 Å². The minimum absolute atomic E-state index is 0.0763. The Kier molecular flexibility index (Phi) is 6.28. The molecule has 30 heavy (non-hydrogen) atoms. The zero-order valence-electron chi connectivity index (χ0n) is 16.2. The SMILES string of the molecule is CC[C@H](NC(=O)O)[C@@H](Nc1nc(Nc2cncc(F)c2)c(C(N)=O)cc1F)C1CC1. The van der Waals surface area contributed by atoms with Gasteiger partial charge in [0.05, 0.1) is 35.7 Å². The predicted octanol–water partition coefficient (Wildman–Crippen LogP) is 2.83. The molecule has 0 bridgehead atoms. The largest absolute Gasteiger partial charge is 0.465 e. The van der Waals surface area contributed by atoms with Gasteiger partial charge in [-0.05, 0) is 31.2 Å². The lowest BCUT2D eigenvalue weighted by Crippen LogP contribution is -2.47. The van der Waals surface area contributed by atoms with Crippen molar-refractivity contribution >= 4 is 29.3 Å². The van der Waals surface area contributed by atoms with Crippen molar-refractivity contribution in [2.24, 2.45) is 11.7 Å². The second kappa shape index (κ2) is 8.89. The summed E-state index contributed by atoms with van der Waals surface area (Å²) in [6.45, 7) is 1.82.